The maximum Gasteiger partial charge on any atom is 0.312 e. The minimum Gasteiger partial charge on any atom is -0.491 e. The third-order valence-corrected chi connectivity index (χ3v) is 2.37. The van der Waals surface area contributed by atoms with Crippen LogP contribution in [0.2, 0.25) is 0 Å². The molecule has 1 rings (SSSR count). The first kappa shape index (κ1) is 13.5. The number of carboxylic acids is 1. The summed E-state index contributed by atoms with van der Waals surface area (Å²) in [5.41, 5.74) is 6.09. The van der Waals surface area contributed by atoms with Crippen LogP contribution in [-0.4, -0.2) is 37.9 Å². The summed E-state index contributed by atoms with van der Waals surface area (Å²) in [6.45, 7) is 1.07. The van der Waals surface area contributed by atoms with Crippen molar-refractivity contribution >= 4 is 5.97 Å². The summed E-state index contributed by atoms with van der Waals surface area (Å²) in [7, 11) is 1.60. The van der Waals surface area contributed by atoms with E-state index < -0.39 is 11.9 Å². The van der Waals surface area contributed by atoms with Gasteiger partial charge in [0.05, 0.1) is 12.5 Å². The summed E-state index contributed by atoms with van der Waals surface area (Å²) < 4.78 is 10.2. The average molecular weight is 239 g/mol. The van der Waals surface area contributed by atoms with E-state index in [1.807, 2.05) is 0 Å². The summed E-state index contributed by atoms with van der Waals surface area (Å²) in [5, 5.41) is 8.94. The fourth-order valence-electron chi connectivity index (χ4n) is 1.42. The highest BCUT2D eigenvalue weighted by Gasteiger charge is 2.17. The van der Waals surface area contributed by atoms with Crippen molar-refractivity contribution in [2.24, 2.45) is 5.73 Å². The average Bonchev–Trinajstić information content (AvgIpc) is 2.32. The van der Waals surface area contributed by atoms with Gasteiger partial charge in [-0.05, 0) is 17.7 Å². The first-order valence-corrected chi connectivity index (χ1v) is 5.33. The van der Waals surface area contributed by atoms with Gasteiger partial charge >= 0.3 is 5.97 Å². The molecule has 3 N–H and O–H groups in total. The summed E-state index contributed by atoms with van der Waals surface area (Å²) in [6, 6.07) is 6.90. The Bertz CT molecular complexity index is 350. The summed E-state index contributed by atoms with van der Waals surface area (Å²) in [6.07, 6.45) is 0. The second-order valence-electron chi connectivity index (χ2n) is 3.54. The Morgan fingerprint density at radius 3 is 2.47 bits per heavy atom. The van der Waals surface area contributed by atoms with Gasteiger partial charge in [0.25, 0.3) is 0 Å². The molecule has 0 aromatic heterocycles. The van der Waals surface area contributed by atoms with Crippen molar-refractivity contribution in [1.29, 1.82) is 0 Å². The van der Waals surface area contributed by atoms with Crippen molar-refractivity contribution in [3.05, 3.63) is 29.8 Å². The number of carbonyl (C=O) groups is 1. The Kier molecular flexibility index (Phi) is 5.45. The molecule has 5 heteroatoms. The number of benzene rings is 1. The van der Waals surface area contributed by atoms with Gasteiger partial charge in [-0.25, -0.2) is 0 Å². The normalized spacial score (nSPS) is 12.1. The first-order valence-electron chi connectivity index (χ1n) is 5.33. The monoisotopic (exact) mass is 239 g/mol. The van der Waals surface area contributed by atoms with Gasteiger partial charge in [-0.15, -0.1) is 0 Å². The number of hydrogen-bond donors (Lipinski definition) is 2. The van der Waals surface area contributed by atoms with Crippen molar-refractivity contribution in [1.82, 2.24) is 0 Å². The van der Waals surface area contributed by atoms with Crippen molar-refractivity contribution in [2.45, 2.75) is 5.92 Å². The summed E-state index contributed by atoms with van der Waals surface area (Å²) in [4.78, 5) is 10.9. The SMILES string of the molecule is COCCOc1ccc(C(CN)C(=O)O)cc1. The standard InChI is InChI=1S/C12H17NO4/c1-16-6-7-17-10-4-2-9(3-5-10)11(8-13)12(14)15/h2-5,11H,6-8,13H2,1H3,(H,14,15). The van der Waals surface area contributed by atoms with E-state index in [9.17, 15) is 4.79 Å². The van der Waals surface area contributed by atoms with Crippen molar-refractivity contribution < 1.29 is 19.4 Å². The molecule has 94 valence electrons. The Hall–Kier alpha value is -1.59. The molecule has 0 radical (unpaired) electrons. The highest BCUT2D eigenvalue weighted by molar-refractivity contribution is 5.76. The van der Waals surface area contributed by atoms with E-state index in [2.05, 4.69) is 0 Å². The fourth-order valence-corrected chi connectivity index (χ4v) is 1.42. The number of rotatable bonds is 7. The number of carboxylic acid groups (broad SMARTS) is 1. The maximum atomic E-state index is 10.9. The van der Waals surface area contributed by atoms with Crippen LogP contribution in [0.3, 0.4) is 0 Å². The Morgan fingerprint density at radius 1 is 1.35 bits per heavy atom. The third kappa shape index (κ3) is 4.05. The van der Waals surface area contributed by atoms with Crippen LogP contribution in [0.4, 0.5) is 0 Å². The molecule has 0 saturated carbocycles. The number of nitrogens with two attached hydrogens (primary N) is 1. The molecule has 0 saturated heterocycles. The molecule has 0 fully saturated rings. The highest BCUT2D eigenvalue weighted by atomic mass is 16.5. The molecule has 1 atom stereocenters. The Morgan fingerprint density at radius 2 is 2.00 bits per heavy atom. The van der Waals surface area contributed by atoms with Gasteiger partial charge in [0.15, 0.2) is 0 Å². The van der Waals surface area contributed by atoms with E-state index in [-0.39, 0.29) is 6.54 Å². The molecular weight excluding hydrogens is 222 g/mol. The molecule has 0 aliphatic carbocycles. The maximum absolute atomic E-state index is 10.9. The second-order valence-corrected chi connectivity index (χ2v) is 3.54. The van der Waals surface area contributed by atoms with Crippen LogP contribution in [0.25, 0.3) is 0 Å². The summed E-state index contributed by atoms with van der Waals surface area (Å²) >= 11 is 0. The highest BCUT2D eigenvalue weighted by Crippen LogP contribution is 2.19. The Labute approximate surface area is 100 Å². The topological polar surface area (TPSA) is 81.8 Å². The molecule has 0 amide bonds. The third-order valence-electron chi connectivity index (χ3n) is 2.37. The van der Waals surface area contributed by atoms with E-state index in [0.717, 1.165) is 0 Å². The lowest BCUT2D eigenvalue weighted by molar-refractivity contribution is -0.138. The van der Waals surface area contributed by atoms with Crippen molar-refractivity contribution in [3.63, 3.8) is 0 Å². The number of aliphatic carboxylic acids is 1. The molecule has 0 spiro atoms. The molecule has 1 unspecified atom stereocenters. The summed E-state index contributed by atoms with van der Waals surface area (Å²) in [5.74, 6) is -0.893. The molecule has 5 nitrogen and oxygen atoms in total. The molecule has 0 aliphatic rings. The van der Waals surface area contributed by atoms with Gasteiger partial charge in [0, 0.05) is 13.7 Å². The van der Waals surface area contributed by atoms with Gasteiger partial charge in [0.1, 0.15) is 12.4 Å². The van der Waals surface area contributed by atoms with E-state index in [1.54, 1.807) is 31.4 Å². The van der Waals surface area contributed by atoms with E-state index in [1.165, 1.54) is 0 Å². The van der Waals surface area contributed by atoms with Gasteiger partial charge in [0.2, 0.25) is 0 Å². The molecule has 1 aromatic carbocycles. The van der Waals surface area contributed by atoms with Crippen LogP contribution in [-0.2, 0) is 9.53 Å². The quantitative estimate of drug-likeness (QED) is 0.689. The zero-order valence-electron chi connectivity index (χ0n) is 9.76. The minimum absolute atomic E-state index is 0.0826. The van der Waals surface area contributed by atoms with Crippen LogP contribution in [0.1, 0.15) is 11.5 Å². The lowest BCUT2D eigenvalue weighted by Gasteiger charge is -2.11. The van der Waals surface area contributed by atoms with Crippen LogP contribution in [0, 0.1) is 0 Å². The first-order chi connectivity index (χ1) is 8.19. The Balaban J connectivity index is 2.63. The van der Waals surface area contributed by atoms with Crippen LogP contribution < -0.4 is 10.5 Å². The van der Waals surface area contributed by atoms with Crippen LogP contribution >= 0.6 is 0 Å². The van der Waals surface area contributed by atoms with Gasteiger partial charge in [-0.3, -0.25) is 4.79 Å². The van der Waals surface area contributed by atoms with Crippen molar-refractivity contribution in [2.75, 3.05) is 26.9 Å². The zero-order valence-corrected chi connectivity index (χ0v) is 9.76. The molecule has 0 bridgehead atoms. The van der Waals surface area contributed by atoms with Crippen LogP contribution in [0.5, 0.6) is 5.75 Å². The van der Waals surface area contributed by atoms with E-state index in [4.69, 9.17) is 20.3 Å². The largest absolute Gasteiger partial charge is 0.491 e. The molecule has 0 aliphatic heterocycles. The van der Waals surface area contributed by atoms with E-state index >= 15 is 0 Å². The lowest BCUT2D eigenvalue weighted by atomic mass is 9.99. The molecule has 1 aromatic rings. The zero-order chi connectivity index (χ0) is 12.7. The predicted molar refractivity (Wildman–Crippen MR) is 63.2 cm³/mol. The van der Waals surface area contributed by atoms with Crippen LogP contribution in [0.15, 0.2) is 24.3 Å². The van der Waals surface area contributed by atoms with Gasteiger partial charge < -0.3 is 20.3 Å². The van der Waals surface area contributed by atoms with E-state index in [0.29, 0.717) is 24.5 Å². The second kappa shape index (κ2) is 6.88. The molecular formula is C12H17NO4. The number of methoxy groups -OCH3 is 1. The lowest BCUT2D eigenvalue weighted by Crippen LogP contribution is -2.20. The fraction of sp³-hybridized carbons (Fsp3) is 0.417. The minimum atomic E-state index is -0.916. The number of hydrogen-bond acceptors (Lipinski definition) is 4. The predicted octanol–water partition coefficient (Wildman–Crippen LogP) is 0.839. The van der Waals surface area contributed by atoms with Gasteiger partial charge in [-0.1, -0.05) is 12.1 Å². The molecule has 0 heterocycles. The van der Waals surface area contributed by atoms with Crippen molar-refractivity contribution in [3.8, 4) is 5.75 Å². The molecule has 17 heavy (non-hydrogen) atoms. The van der Waals surface area contributed by atoms with Gasteiger partial charge in [-0.2, -0.15) is 0 Å². The number of ether oxygens (including phenoxy) is 2. The smallest absolute Gasteiger partial charge is 0.312 e.